The van der Waals surface area contributed by atoms with Gasteiger partial charge in [0.1, 0.15) is 12.0 Å². The molecular formula is C24H28FN3O2S. The third-order valence-electron chi connectivity index (χ3n) is 6.80. The summed E-state index contributed by atoms with van der Waals surface area (Å²) in [4.78, 5) is 18.5. The number of amides is 1. The van der Waals surface area contributed by atoms with Crippen molar-refractivity contribution < 1.29 is 14.3 Å². The number of halogens is 1. The van der Waals surface area contributed by atoms with Crippen LogP contribution in [0.4, 0.5) is 10.1 Å². The molecule has 31 heavy (non-hydrogen) atoms. The first-order chi connectivity index (χ1) is 15.1. The van der Waals surface area contributed by atoms with Crippen LogP contribution in [-0.4, -0.2) is 46.3 Å². The fraction of sp³-hybridized carbons (Fsp3) is 0.458. The summed E-state index contributed by atoms with van der Waals surface area (Å²) in [5.41, 5.74) is 0.917. The summed E-state index contributed by atoms with van der Waals surface area (Å²) >= 11 is 1.64. The van der Waals surface area contributed by atoms with Crippen LogP contribution in [0.5, 0.6) is 0 Å². The molecule has 3 atom stereocenters. The molecule has 1 aliphatic carbocycles. The fourth-order valence-electron chi connectivity index (χ4n) is 5.29. The van der Waals surface area contributed by atoms with E-state index in [0.717, 1.165) is 47.0 Å². The lowest BCUT2D eigenvalue weighted by molar-refractivity contribution is -0.128. The molecule has 0 aromatic heterocycles. The Hall–Kier alpha value is -2.09. The van der Waals surface area contributed by atoms with E-state index < -0.39 is 6.23 Å². The van der Waals surface area contributed by atoms with Crippen molar-refractivity contribution in [1.29, 1.82) is 0 Å². The Labute approximate surface area is 186 Å². The number of hydrogen-bond donors (Lipinski definition) is 2. The van der Waals surface area contributed by atoms with E-state index in [1.165, 1.54) is 25.0 Å². The molecule has 164 valence electrons. The monoisotopic (exact) mass is 441 g/mol. The van der Waals surface area contributed by atoms with E-state index in [2.05, 4.69) is 22.9 Å². The summed E-state index contributed by atoms with van der Waals surface area (Å²) in [6, 6.07) is 8.98. The van der Waals surface area contributed by atoms with E-state index in [-0.39, 0.29) is 23.3 Å². The van der Waals surface area contributed by atoms with Crippen LogP contribution in [0.3, 0.4) is 0 Å². The minimum atomic E-state index is -0.809. The number of thioether (sulfide) groups is 1. The molecule has 2 aliphatic heterocycles. The average molecular weight is 442 g/mol. The number of anilines is 1. The molecule has 3 aliphatic rings. The van der Waals surface area contributed by atoms with Crippen molar-refractivity contribution in [2.24, 2.45) is 0 Å². The number of nitrogens with one attached hydrogen (secondary N) is 1. The quantitative estimate of drug-likeness (QED) is 0.681. The number of likely N-dealkylation sites (tertiary alicyclic amines) is 1. The van der Waals surface area contributed by atoms with E-state index in [9.17, 15) is 14.3 Å². The maximum absolute atomic E-state index is 13.8. The van der Waals surface area contributed by atoms with Gasteiger partial charge in [-0.1, -0.05) is 43.3 Å². The van der Waals surface area contributed by atoms with Gasteiger partial charge in [-0.3, -0.25) is 9.69 Å². The molecule has 2 heterocycles. The summed E-state index contributed by atoms with van der Waals surface area (Å²) in [6.07, 6.45) is 6.89. The second kappa shape index (κ2) is 8.45. The normalized spacial score (nSPS) is 25.2. The van der Waals surface area contributed by atoms with Crippen molar-refractivity contribution in [2.75, 3.05) is 11.4 Å². The van der Waals surface area contributed by atoms with Crippen LogP contribution in [0.2, 0.25) is 0 Å². The molecular weight excluding hydrogens is 413 g/mol. The van der Waals surface area contributed by atoms with Crippen molar-refractivity contribution in [3.8, 4) is 0 Å². The highest BCUT2D eigenvalue weighted by atomic mass is 32.2. The highest BCUT2D eigenvalue weighted by Crippen LogP contribution is 2.49. The zero-order valence-corrected chi connectivity index (χ0v) is 18.3. The van der Waals surface area contributed by atoms with Crippen LogP contribution in [0.1, 0.15) is 38.5 Å². The summed E-state index contributed by atoms with van der Waals surface area (Å²) in [5, 5.41) is 15.4. The summed E-state index contributed by atoms with van der Waals surface area (Å²) in [6.45, 7) is 4.35. The number of rotatable bonds is 5. The molecule has 1 saturated carbocycles. The molecule has 5 rings (SSSR count). The molecule has 0 radical (unpaired) electrons. The van der Waals surface area contributed by atoms with E-state index in [1.807, 2.05) is 17.0 Å². The summed E-state index contributed by atoms with van der Waals surface area (Å²) in [7, 11) is 0. The van der Waals surface area contributed by atoms with Crippen molar-refractivity contribution in [1.82, 2.24) is 10.2 Å². The lowest BCUT2D eigenvalue weighted by atomic mass is 10.1. The SMILES string of the molecule is C=CC(O)N1CCC[C@@H]1C(=O)NC1Sc2c(ccc3cc(F)ccc23)N1C1CCCC1. The van der Waals surface area contributed by atoms with Crippen LogP contribution in [0.15, 0.2) is 47.9 Å². The van der Waals surface area contributed by atoms with Crippen molar-refractivity contribution in [2.45, 2.75) is 67.2 Å². The van der Waals surface area contributed by atoms with Crippen LogP contribution in [0, 0.1) is 5.82 Å². The summed E-state index contributed by atoms with van der Waals surface area (Å²) < 4.78 is 13.8. The standard InChI is InChI=1S/C24H28FN3O2S/c1-2-21(29)27-13-5-8-20(27)23(30)26-24-28(17-6-3-4-7-17)19-12-9-15-14-16(25)10-11-18(15)22(19)31-24/h2,9-12,14,17,20-21,24,29H,1,3-8,13H2,(H,26,30)/t20-,21?,24?/m1/s1. The number of carbonyl (C=O) groups excluding carboxylic acids is 1. The number of aliphatic hydroxyl groups is 1. The van der Waals surface area contributed by atoms with Gasteiger partial charge in [0.15, 0.2) is 5.50 Å². The second-order valence-electron chi connectivity index (χ2n) is 8.65. The second-order valence-corrected chi connectivity index (χ2v) is 9.74. The van der Waals surface area contributed by atoms with Gasteiger partial charge in [0.2, 0.25) is 5.91 Å². The van der Waals surface area contributed by atoms with Gasteiger partial charge in [0.25, 0.3) is 0 Å². The Morgan fingerprint density at radius 3 is 2.81 bits per heavy atom. The Morgan fingerprint density at radius 2 is 2.03 bits per heavy atom. The Morgan fingerprint density at radius 1 is 1.23 bits per heavy atom. The van der Waals surface area contributed by atoms with Gasteiger partial charge in [-0.05, 0) is 60.7 Å². The van der Waals surface area contributed by atoms with Crippen LogP contribution >= 0.6 is 11.8 Å². The lowest BCUT2D eigenvalue weighted by Crippen LogP contribution is -2.54. The fourth-order valence-corrected chi connectivity index (χ4v) is 6.70. The Balaban J connectivity index is 1.45. The largest absolute Gasteiger partial charge is 0.375 e. The topological polar surface area (TPSA) is 55.8 Å². The molecule has 7 heteroatoms. The molecule has 1 saturated heterocycles. The number of aliphatic hydroxyl groups excluding tert-OH is 1. The zero-order chi connectivity index (χ0) is 21.5. The molecule has 2 unspecified atom stereocenters. The highest BCUT2D eigenvalue weighted by molar-refractivity contribution is 8.00. The van der Waals surface area contributed by atoms with Crippen LogP contribution < -0.4 is 10.2 Å². The van der Waals surface area contributed by atoms with Gasteiger partial charge in [-0.2, -0.15) is 0 Å². The number of hydrogen-bond acceptors (Lipinski definition) is 5. The number of carbonyl (C=O) groups is 1. The Kier molecular flexibility index (Phi) is 5.67. The van der Waals surface area contributed by atoms with Crippen molar-refractivity contribution >= 4 is 34.1 Å². The van der Waals surface area contributed by atoms with Crippen LogP contribution in [0.25, 0.3) is 10.8 Å². The predicted molar refractivity (Wildman–Crippen MR) is 122 cm³/mol. The molecule has 2 N–H and O–H groups in total. The number of benzene rings is 2. The third kappa shape index (κ3) is 3.73. The maximum atomic E-state index is 13.8. The number of fused-ring (bicyclic) bond motifs is 3. The lowest BCUT2D eigenvalue weighted by Gasteiger charge is -2.34. The van der Waals surface area contributed by atoms with Gasteiger partial charge in [0.05, 0.1) is 11.7 Å². The molecule has 0 bridgehead atoms. The van der Waals surface area contributed by atoms with Gasteiger partial charge in [-0.15, -0.1) is 0 Å². The third-order valence-corrected chi connectivity index (χ3v) is 8.04. The molecule has 2 fully saturated rings. The molecule has 2 aromatic carbocycles. The van der Waals surface area contributed by atoms with E-state index in [0.29, 0.717) is 12.6 Å². The van der Waals surface area contributed by atoms with Crippen molar-refractivity contribution in [3.05, 3.63) is 48.8 Å². The van der Waals surface area contributed by atoms with Gasteiger partial charge in [0, 0.05) is 17.5 Å². The van der Waals surface area contributed by atoms with E-state index in [1.54, 1.807) is 17.8 Å². The first-order valence-electron chi connectivity index (χ1n) is 11.1. The minimum Gasteiger partial charge on any atom is -0.375 e. The zero-order valence-electron chi connectivity index (χ0n) is 17.5. The van der Waals surface area contributed by atoms with Gasteiger partial charge >= 0.3 is 0 Å². The first-order valence-corrected chi connectivity index (χ1v) is 12.0. The minimum absolute atomic E-state index is 0.0537. The average Bonchev–Trinajstić information content (AvgIpc) is 3.51. The van der Waals surface area contributed by atoms with Crippen LogP contribution in [-0.2, 0) is 4.79 Å². The highest BCUT2D eigenvalue weighted by Gasteiger charge is 2.41. The first kappa shape index (κ1) is 20.8. The summed E-state index contributed by atoms with van der Waals surface area (Å²) in [5.74, 6) is -0.294. The Bertz CT molecular complexity index is 1010. The van der Waals surface area contributed by atoms with Gasteiger partial charge in [-0.25, -0.2) is 4.39 Å². The molecule has 0 spiro atoms. The molecule has 1 amide bonds. The molecule has 5 nitrogen and oxygen atoms in total. The van der Waals surface area contributed by atoms with E-state index in [4.69, 9.17) is 0 Å². The maximum Gasteiger partial charge on any atom is 0.239 e. The molecule has 2 aromatic rings. The van der Waals surface area contributed by atoms with Gasteiger partial charge < -0.3 is 15.3 Å². The predicted octanol–water partition coefficient (Wildman–Crippen LogP) is 4.20. The number of nitrogens with zero attached hydrogens (tertiary/aromatic N) is 2. The smallest absolute Gasteiger partial charge is 0.239 e. The van der Waals surface area contributed by atoms with Crippen molar-refractivity contribution in [3.63, 3.8) is 0 Å². The van der Waals surface area contributed by atoms with E-state index >= 15 is 0 Å².